The third-order valence-corrected chi connectivity index (χ3v) is 11.6. The standard InChI is InChI=1S/C26H44N4O5S/c1-18-17-28(26(32)35-25-6-3-4-13-27-25)24-16-21(9-12-23(24)30(18)19(2)31)20-7-10-22(11-8-20)29-14-5-15-36(29,33)34/h18,20-25,27H,3-17H2,1-2H3/t18-,20?,21?,22?,23?,24?,25?/m0/s1. The lowest BCUT2D eigenvalue weighted by Gasteiger charge is -2.54. The smallest absolute Gasteiger partial charge is 0.411 e. The summed E-state index contributed by atoms with van der Waals surface area (Å²) >= 11 is 0. The van der Waals surface area contributed by atoms with Crippen molar-refractivity contribution in [3.63, 3.8) is 0 Å². The van der Waals surface area contributed by atoms with Crippen LogP contribution in [0.4, 0.5) is 4.79 Å². The van der Waals surface area contributed by atoms with Gasteiger partial charge in [0.25, 0.3) is 0 Å². The number of nitrogens with zero attached hydrogens (tertiary/aromatic N) is 3. The average Bonchev–Trinajstić information content (AvgIpc) is 3.22. The van der Waals surface area contributed by atoms with Crippen molar-refractivity contribution in [3.05, 3.63) is 0 Å². The van der Waals surface area contributed by atoms with Crippen LogP contribution in [0.5, 0.6) is 0 Å². The number of fused-ring (bicyclic) bond motifs is 1. The highest BCUT2D eigenvalue weighted by Gasteiger charge is 2.48. The lowest BCUT2D eigenvalue weighted by atomic mass is 9.69. The Kier molecular flexibility index (Phi) is 7.85. The van der Waals surface area contributed by atoms with Gasteiger partial charge in [-0.2, -0.15) is 4.31 Å². The van der Waals surface area contributed by atoms with Crippen LogP contribution in [0, 0.1) is 11.8 Å². The van der Waals surface area contributed by atoms with Crippen LogP contribution < -0.4 is 5.32 Å². The molecule has 1 N–H and O–H groups in total. The maximum atomic E-state index is 13.4. The zero-order chi connectivity index (χ0) is 25.4. The molecule has 2 aliphatic carbocycles. The van der Waals surface area contributed by atoms with E-state index in [9.17, 15) is 18.0 Å². The number of piperazine rings is 1. The van der Waals surface area contributed by atoms with Crippen LogP contribution in [0.3, 0.4) is 0 Å². The minimum atomic E-state index is -3.06. The molecule has 2 amide bonds. The SMILES string of the molecule is CC(=O)N1C2CCC(C3CCC(N4CCCS4(=O)=O)CC3)CC2N(C(=O)OC2CCCCN2)C[C@@H]1C. The van der Waals surface area contributed by atoms with Gasteiger partial charge in [0.2, 0.25) is 15.9 Å². The number of piperidine rings is 1. The first-order valence-corrected chi connectivity index (χ1v) is 15.8. The fourth-order valence-electron chi connectivity index (χ4n) is 7.88. The Labute approximate surface area is 216 Å². The van der Waals surface area contributed by atoms with E-state index in [-0.39, 0.29) is 42.4 Å². The van der Waals surface area contributed by atoms with Crippen LogP contribution in [-0.4, -0.2) is 90.3 Å². The monoisotopic (exact) mass is 524 g/mol. The highest BCUT2D eigenvalue weighted by molar-refractivity contribution is 7.89. The van der Waals surface area contributed by atoms with E-state index in [1.165, 1.54) is 0 Å². The third kappa shape index (κ3) is 5.27. The molecule has 3 aliphatic heterocycles. The van der Waals surface area contributed by atoms with E-state index >= 15 is 0 Å². The quantitative estimate of drug-likeness (QED) is 0.610. The molecule has 2 saturated carbocycles. The van der Waals surface area contributed by atoms with Crippen molar-refractivity contribution in [2.75, 3.05) is 25.4 Å². The maximum absolute atomic E-state index is 13.4. The van der Waals surface area contributed by atoms with Gasteiger partial charge in [0, 0.05) is 32.1 Å². The van der Waals surface area contributed by atoms with Crippen molar-refractivity contribution < 1.29 is 22.7 Å². The number of carbonyl (C=O) groups is 2. The fourth-order valence-corrected chi connectivity index (χ4v) is 9.68. The van der Waals surface area contributed by atoms with Crippen molar-refractivity contribution in [1.29, 1.82) is 0 Å². The predicted molar refractivity (Wildman–Crippen MR) is 137 cm³/mol. The first kappa shape index (κ1) is 26.2. The van der Waals surface area contributed by atoms with Gasteiger partial charge < -0.3 is 14.5 Å². The van der Waals surface area contributed by atoms with Crippen LogP contribution in [0.15, 0.2) is 0 Å². The molecule has 9 nitrogen and oxygen atoms in total. The summed E-state index contributed by atoms with van der Waals surface area (Å²) in [6.45, 7) is 5.75. The van der Waals surface area contributed by atoms with Gasteiger partial charge in [-0.25, -0.2) is 13.2 Å². The lowest BCUT2D eigenvalue weighted by Crippen LogP contribution is -2.67. The number of carbonyl (C=O) groups excluding carboxylic acids is 2. The first-order valence-electron chi connectivity index (χ1n) is 14.2. The van der Waals surface area contributed by atoms with Gasteiger partial charge in [0.05, 0.1) is 17.8 Å². The van der Waals surface area contributed by atoms with Crippen LogP contribution in [0.1, 0.15) is 84.5 Å². The number of nitrogens with one attached hydrogen (secondary N) is 1. The van der Waals surface area contributed by atoms with Gasteiger partial charge in [-0.15, -0.1) is 0 Å². The Hall–Kier alpha value is -1.39. The van der Waals surface area contributed by atoms with Gasteiger partial charge >= 0.3 is 6.09 Å². The molecule has 5 atom stereocenters. The van der Waals surface area contributed by atoms with Crippen LogP contribution in [0.2, 0.25) is 0 Å². The van der Waals surface area contributed by atoms with Gasteiger partial charge in [-0.05, 0) is 95.9 Å². The van der Waals surface area contributed by atoms with Gasteiger partial charge in [0.15, 0.2) is 6.23 Å². The zero-order valence-electron chi connectivity index (χ0n) is 21.9. The highest BCUT2D eigenvalue weighted by Crippen LogP contribution is 2.44. The van der Waals surface area contributed by atoms with Crippen molar-refractivity contribution in [2.24, 2.45) is 11.8 Å². The van der Waals surface area contributed by atoms with Crippen LogP contribution in [0.25, 0.3) is 0 Å². The Morgan fingerprint density at radius 1 is 0.917 bits per heavy atom. The largest absolute Gasteiger partial charge is 0.430 e. The van der Waals surface area contributed by atoms with Crippen molar-refractivity contribution in [2.45, 2.75) is 115 Å². The Balaban J connectivity index is 1.25. The summed E-state index contributed by atoms with van der Waals surface area (Å²) in [5, 5.41) is 3.31. The molecule has 36 heavy (non-hydrogen) atoms. The molecule has 0 radical (unpaired) electrons. The molecule has 4 unspecified atom stereocenters. The molecule has 0 bridgehead atoms. The second-order valence-corrected chi connectivity index (χ2v) is 13.8. The normalized spacial score (nSPS) is 39.4. The second-order valence-electron chi connectivity index (χ2n) is 11.8. The van der Waals surface area contributed by atoms with E-state index in [1.54, 1.807) is 11.2 Å². The zero-order valence-corrected chi connectivity index (χ0v) is 22.8. The van der Waals surface area contributed by atoms with E-state index in [4.69, 9.17) is 4.74 Å². The molecule has 0 aromatic heterocycles. The van der Waals surface area contributed by atoms with E-state index in [0.29, 0.717) is 30.7 Å². The van der Waals surface area contributed by atoms with Crippen molar-refractivity contribution in [1.82, 2.24) is 19.4 Å². The Morgan fingerprint density at radius 3 is 2.31 bits per heavy atom. The molecule has 0 spiro atoms. The van der Waals surface area contributed by atoms with E-state index in [2.05, 4.69) is 5.32 Å². The van der Waals surface area contributed by atoms with Crippen molar-refractivity contribution >= 4 is 22.0 Å². The summed E-state index contributed by atoms with van der Waals surface area (Å²) in [4.78, 5) is 29.9. The molecule has 0 aromatic rings. The molecule has 5 rings (SSSR count). The van der Waals surface area contributed by atoms with Gasteiger partial charge in [0.1, 0.15) is 0 Å². The molecule has 3 heterocycles. The van der Waals surface area contributed by atoms with Gasteiger partial charge in [-0.3, -0.25) is 10.1 Å². The lowest BCUT2D eigenvalue weighted by molar-refractivity contribution is -0.143. The first-order chi connectivity index (χ1) is 17.2. The summed E-state index contributed by atoms with van der Waals surface area (Å²) in [6.07, 6.45) is 10.1. The topological polar surface area (TPSA) is 99.3 Å². The molecule has 204 valence electrons. The summed E-state index contributed by atoms with van der Waals surface area (Å²) in [7, 11) is -3.06. The molecule has 5 aliphatic rings. The van der Waals surface area contributed by atoms with E-state index < -0.39 is 10.0 Å². The number of amides is 2. The number of hydrogen-bond donors (Lipinski definition) is 1. The average molecular weight is 525 g/mol. The summed E-state index contributed by atoms with van der Waals surface area (Å²) in [5.41, 5.74) is 0. The van der Waals surface area contributed by atoms with Gasteiger partial charge in [-0.1, -0.05) is 0 Å². The van der Waals surface area contributed by atoms with E-state index in [1.807, 2.05) is 16.7 Å². The third-order valence-electron chi connectivity index (χ3n) is 9.57. The minimum absolute atomic E-state index is 0.0170. The summed E-state index contributed by atoms with van der Waals surface area (Å²) < 4.78 is 32.5. The fraction of sp³-hybridized carbons (Fsp3) is 0.923. The molecular formula is C26H44N4O5S. The highest BCUT2D eigenvalue weighted by atomic mass is 32.2. The molecule has 5 fully saturated rings. The number of ether oxygens (including phenoxy) is 1. The Morgan fingerprint density at radius 2 is 1.67 bits per heavy atom. The number of sulfonamides is 1. The second kappa shape index (κ2) is 10.8. The molecule has 3 saturated heterocycles. The molecular weight excluding hydrogens is 480 g/mol. The number of hydrogen-bond acceptors (Lipinski definition) is 6. The summed E-state index contributed by atoms with van der Waals surface area (Å²) in [5.74, 6) is 1.43. The number of rotatable bonds is 3. The molecule has 0 aromatic carbocycles. The van der Waals surface area contributed by atoms with E-state index in [0.717, 1.165) is 77.2 Å². The minimum Gasteiger partial charge on any atom is -0.430 e. The summed E-state index contributed by atoms with van der Waals surface area (Å²) in [6, 6.07) is 0.158. The van der Waals surface area contributed by atoms with Crippen LogP contribution in [-0.2, 0) is 19.6 Å². The maximum Gasteiger partial charge on any atom is 0.411 e. The predicted octanol–water partition coefficient (Wildman–Crippen LogP) is 2.91. The van der Waals surface area contributed by atoms with Crippen LogP contribution >= 0.6 is 0 Å². The Bertz CT molecular complexity index is 915. The van der Waals surface area contributed by atoms with Crippen molar-refractivity contribution in [3.8, 4) is 0 Å². The molecule has 10 heteroatoms.